The highest BCUT2D eigenvalue weighted by atomic mass is 15.2. The summed E-state index contributed by atoms with van der Waals surface area (Å²) >= 11 is 0. The van der Waals surface area contributed by atoms with E-state index in [1.54, 1.807) is 12.3 Å². The molecule has 4 heteroatoms. The van der Waals surface area contributed by atoms with Gasteiger partial charge in [0.25, 0.3) is 0 Å². The van der Waals surface area contributed by atoms with E-state index >= 15 is 0 Å². The quantitative estimate of drug-likeness (QED) is 0.832. The van der Waals surface area contributed by atoms with Crippen molar-refractivity contribution in [3.05, 3.63) is 42.1 Å². The Bertz CT molecular complexity index is 496. The van der Waals surface area contributed by atoms with Crippen molar-refractivity contribution in [2.45, 2.75) is 6.92 Å². The van der Waals surface area contributed by atoms with E-state index in [0.29, 0.717) is 11.8 Å². The molecule has 2 aromatic rings. The van der Waals surface area contributed by atoms with Crippen LogP contribution in [0.1, 0.15) is 5.56 Å². The fourth-order valence-corrected chi connectivity index (χ4v) is 1.57. The molecule has 0 radical (unpaired) electrons. The van der Waals surface area contributed by atoms with Gasteiger partial charge < -0.3 is 10.6 Å². The third kappa shape index (κ3) is 1.95. The number of benzene rings is 1. The Labute approximate surface area is 94.8 Å². The van der Waals surface area contributed by atoms with Gasteiger partial charge in [-0.15, -0.1) is 0 Å². The van der Waals surface area contributed by atoms with Gasteiger partial charge >= 0.3 is 0 Å². The number of anilines is 3. The summed E-state index contributed by atoms with van der Waals surface area (Å²) in [5, 5.41) is 0. The number of aryl methyl sites for hydroxylation is 1. The largest absolute Gasteiger partial charge is 0.384 e. The first-order valence-electron chi connectivity index (χ1n) is 5.06. The average Bonchev–Trinajstić information content (AvgIpc) is 2.29. The van der Waals surface area contributed by atoms with Crippen molar-refractivity contribution in [2.75, 3.05) is 17.7 Å². The van der Waals surface area contributed by atoms with Crippen LogP contribution < -0.4 is 10.6 Å². The van der Waals surface area contributed by atoms with E-state index in [0.717, 1.165) is 5.69 Å². The van der Waals surface area contributed by atoms with Gasteiger partial charge in [-0.25, -0.2) is 4.98 Å². The van der Waals surface area contributed by atoms with Crippen LogP contribution in [0.15, 0.2) is 36.5 Å². The first-order valence-corrected chi connectivity index (χ1v) is 5.06. The number of hydrogen-bond donors (Lipinski definition) is 1. The van der Waals surface area contributed by atoms with Gasteiger partial charge in [0.15, 0.2) is 0 Å². The number of nitrogens with two attached hydrogens (primary N) is 1. The van der Waals surface area contributed by atoms with Crippen molar-refractivity contribution in [1.29, 1.82) is 0 Å². The summed E-state index contributed by atoms with van der Waals surface area (Å²) in [6.07, 6.45) is 1.66. The normalized spacial score (nSPS) is 10.1. The van der Waals surface area contributed by atoms with Crippen LogP contribution in [0.4, 0.5) is 17.5 Å². The molecule has 1 aromatic heterocycles. The zero-order valence-electron chi connectivity index (χ0n) is 9.38. The molecule has 0 unspecified atom stereocenters. The van der Waals surface area contributed by atoms with Gasteiger partial charge in [0, 0.05) is 18.9 Å². The number of hydrogen-bond acceptors (Lipinski definition) is 4. The lowest BCUT2D eigenvalue weighted by atomic mass is 10.2. The Balaban J connectivity index is 2.39. The van der Waals surface area contributed by atoms with Crippen molar-refractivity contribution in [3.8, 4) is 0 Å². The minimum absolute atomic E-state index is 0.477. The molecule has 2 N–H and O–H groups in total. The predicted molar refractivity (Wildman–Crippen MR) is 65.7 cm³/mol. The molecule has 0 aliphatic rings. The Hall–Kier alpha value is -2.10. The third-order valence-corrected chi connectivity index (χ3v) is 2.44. The smallest absolute Gasteiger partial charge is 0.231 e. The van der Waals surface area contributed by atoms with Crippen LogP contribution in [0.25, 0.3) is 0 Å². The van der Waals surface area contributed by atoms with Gasteiger partial charge in [0.05, 0.1) is 0 Å². The van der Waals surface area contributed by atoms with Gasteiger partial charge in [-0.1, -0.05) is 18.2 Å². The summed E-state index contributed by atoms with van der Waals surface area (Å²) < 4.78 is 0. The first-order chi connectivity index (χ1) is 7.68. The van der Waals surface area contributed by atoms with Crippen molar-refractivity contribution < 1.29 is 0 Å². The molecule has 0 fully saturated rings. The first kappa shape index (κ1) is 10.4. The minimum Gasteiger partial charge on any atom is -0.384 e. The maximum atomic E-state index is 5.63. The predicted octanol–water partition coefficient (Wildman–Crippen LogP) is 2.14. The zero-order valence-corrected chi connectivity index (χ0v) is 9.38. The molecule has 4 nitrogen and oxygen atoms in total. The molecule has 0 bridgehead atoms. The summed E-state index contributed by atoms with van der Waals surface area (Å²) in [6, 6.07) is 9.76. The lowest BCUT2D eigenvalue weighted by molar-refractivity contribution is 1.04. The SMILES string of the molecule is Cc1ccccc1N(C)c1nccc(N)n1. The van der Waals surface area contributed by atoms with E-state index in [1.807, 2.05) is 30.1 Å². The second-order valence-corrected chi connectivity index (χ2v) is 3.63. The molecule has 16 heavy (non-hydrogen) atoms. The highest BCUT2D eigenvalue weighted by Gasteiger charge is 2.08. The number of rotatable bonds is 2. The van der Waals surface area contributed by atoms with Gasteiger partial charge in [0.1, 0.15) is 5.82 Å². The molecule has 82 valence electrons. The lowest BCUT2D eigenvalue weighted by Crippen LogP contribution is -2.14. The molecule has 0 saturated heterocycles. The van der Waals surface area contributed by atoms with Crippen LogP contribution in [-0.4, -0.2) is 17.0 Å². The Morgan fingerprint density at radius 3 is 2.62 bits per heavy atom. The molecule has 0 amide bonds. The molecular formula is C12H14N4. The summed E-state index contributed by atoms with van der Waals surface area (Å²) in [5.41, 5.74) is 7.89. The highest BCUT2D eigenvalue weighted by molar-refractivity contribution is 5.61. The summed E-state index contributed by atoms with van der Waals surface area (Å²) in [7, 11) is 1.93. The van der Waals surface area contributed by atoms with Crippen molar-refractivity contribution in [2.24, 2.45) is 0 Å². The maximum absolute atomic E-state index is 5.63. The summed E-state index contributed by atoms with van der Waals surface area (Å²) in [6.45, 7) is 2.05. The van der Waals surface area contributed by atoms with Crippen molar-refractivity contribution in [1.82, 2.24) is 9.97 Å². The van der Waals surface area contributed by atoms with Gasteiger partial charge in [-0.3, -0.25) is 0 Å². The van der Waals surface area contributed by atoms with E-state index in [4.69, 9.17) is 5.73 Å². The fraction of sp³-hybridized carbons (Fsp3) is 0.167. The number of aromatic nitrogens is 2. The standard InChI is InChI=1S/C12H14N4/c1-9-5-3-4-6-10(9)16(2)12-14-8-7-11(13)15-12/h3-8H,1-2H3,(H2,13,14,15). The summed E-state index contributed by atoms with van der Waals surface area (Å²) in [4.78, 5) is 10.3. The molecule has 0 atom stereocenters. The van der Waals surface area contributed by atoms with Crippen LogP contribution in [0.2, 0.25) is 0 Å². The van der Waals surface area contributed by atoms with Crippen molar-refractivity contribution >= 4 is 17.5 Å². The number of nitrogen functional groups attached to an aromatic ring is 1. The van der Waals surface area contributed by atoms with E-state index in [-0.39, 0.29) is 0 Å². The van der Waals surface area contributed by atoms with Crippen LogP contribution in [0.3, 0.4) is 0 Å². The average molecular weight is 214 g/mol. The monoisotopic (exact) mass is 214 g/mol. The van der Waals surface area contributed by atoms with Crippen LogP contribution in [-0.2, 0) is 0 Å². The second kappa shape index (κ2) is 4.18. The van der Waals surface area contributed by atoms with Gasteiger partial charge in [0.2, 0.25) is 5.95 Å². The van der Waals surface area contributed by atoms with E-state index in [1.165, 1.54) is 5.56 Å². The molecule has 0 aliphatic heterocycles. The number of nitrogens with zero attached hydrogens (tertiary/aromatic N) is 3. The Morgan fingerprint density at radius 2 is 1.94 bits per heavy atom. The highest BCUT2D eigenvalue weighted by Crippen LogP contribution is 2.23. The third-order valence-electron chi connectivity index (χ3n) is 2.44. The van der Waals surface area contributed by atoms with E-state index in [9.17, 15) is 0 Å². The molecule has 1 heterocycles. The topological polar surface area (TPSA) is 55.0 Å². The second-order valence-electron chi connectivity index (χ2n) is 3.63. The minimum atomic E-state index is 0.477. The van der Waals surface area contributed by atoms with Crippen molar-refractivity contribution in [3.63, 3.8) is 0 Å². The van der Waals surface area contributed by atoms with Crippen LogP contribution in [0, 0.1) is 6.92 Å². The Morgan fingerprint density at radius 1 is 1.19 bits per heavy atom. The number of para-hydroxylation sites is 1. The Kier molecular flexibility index (Phi) is 2.72. The van der Waals surface area contributed by atoms with Gasteiger partial charge in [-0.05, 0) is 24.6 Å². The molecule has 1 aromatic carbocycles. The molecular weight excluding hydrogens is 200 g/mol. The molecule has 0 aliphatic carbocycles. The molecule has 0 saturated carbocycles. The fourth-order valence-electron chi connectivity index (χ4n) is 1.57. The maximum Gasteiger partial charge on any atom is 0.231 e. The zero-order chi connectivity index (χ0) is 11.5. The summed E-state index contributed by atoms with van der Waals surface area (Å²) in [5.74, 6) is 1.08. The lowest BCUT2D eigenvalue weighted by Gasteiger charge is -2.19. The van der Waals surface area contributed by atoms with Crippen LogP contribution >= 0.6 is 0 Å². The molecule has 2 rings (SSSR count). The van der Waals surface area contributed by atoms with E-state index < -0.39 is 0 Å². The van der Waals surface area contributed by atoms with E-state index in [2.05, 4.69) is 23.0 Å². The van der Waals surface area contributed by atoms with Gasteiger partial charge in [-0.2, -0.15) is 4.98 Å². The van der Waals surface area contributed by atoms with Crippen LogP contribution in [0.5, 0.6) is 0 Å². The molecule has 0 spiro atoms.